The van der Waals surface area contributed by atoms with Gasteiger partial charge in [-0.3, -0.25) is 0 Å². The predicted octanol–water partition coefficient (Wildman–Crippen LogP) is 3.54. The molecule has 0 bridgehead atoms. The van der Waals surface area contributed by atoms with Crippen LogP contribution in [0.2, 0.25) is 0 Å². The van der Waals surface area contributed by atoms with Gasteiger partial charge < -0.3 is 15.1 Å². The highest BCUT2D eigenvalue weighted by atomic mass is 16.3. The molecule has 2 N–H and O–H groups in total. The summed E-state index contributed by atoms with van der Waals surface area (Å²) in [7, 11) is 0. The van der Waals surface area contributed by atoms with Crippen LogP contribution in [0.25, 0.3) is 0 Å². The number of hydrogen-bond donors (Lipinski definition) is 1. The minimum absolute atomic E-state index is 0.120. The van der Waals surface area contributed by atoms with Crippen LogP contribution in [0.3, 0.4) is 0 Å². The van der Waals surface area contributed by atoms with Crippen LogP contribution in [0, 0.1) is 5.92 Å². The highest BCUT2D eigenvalue weighted by Gasteiger charge is 2.29. The van der Waals surface area contributed by atoms with Gasteiger partial charge in [0.2, 0.25) is 0 Å². The van der Waals surface area contributed by atoms with E-state index in [0.29, 0.717) is 12.5 Å². The van der Waals surface area contributed by atoms with E-state index >= 15 is 0 Å². The molecule has 2 aromatic rings. The largest absolute Gasteiger partial charge is 0.464 e. The third-order valence-corrected chi connectivity index (χ3v) is 4.34. The van der Waals surface area contributed by atoms with Gasteiger partial charge in [-0.1, -0.05) is 32.0 Å². The summed E-state index contributed by atoms with van der Waals surface area (Å²) in [5, 5.41) is 0. The molecule has 3 nitrogen and oxygen atoms in total. The van der Waals surface area contributed by atoms with Crippen molar-refractivity contribution < 1.29 is 4.42 Å². The Hall–Kier alpha value is -1.74. The summed E-state index contributed by atoms with van der Waals surface area (Å²) in [5.41, 5.74) is 8.81. The highest BCUT2D eigenvalue weighted by molar-refractivity contribution is 5.57. The third kappa shape index (κ3) is 2.70. The summed E-state index contributed by atoms with van der Waals surface area (Å²) in [6, 6.07) is 12.9. The fourth-order valence-corrected chi connectivity index (χ4v) is 3.29. The second-order valence-electron chi connectivity index (χ2n) is 6.00. The van der Waals surface area contributed by atoms with Gasteiger partial charge in [-0.25, -0.2) is 0 Å². The molecule has 0 saturated heterocycles. The molecule has 2 unspecified atom stereocenters. The lowest BCUT2D eigenvalue weighted by Crippen LogP contribution is -2.40. The maximum atomic E-state index is 6.09. The third-order valence-electron chi connectivity index (χ3n) is 4.34. The summed E-state index contributed by atoms with van der Waals surface area (Å²) in [6.45, 7) is 6.01. The van der Waals surface area contributed by atoms with E-state index in [4.69, 9.17) is 10.2 Å². The highest BCUT2D eigenvalue weighted by Crippen LogP contribution is 2.35. The molecule has 0 amide bonds. The summed E-state index contributed by atoms with van der Waals surface area (Å²) in [4.78, 5) is 2.42. The summed E-state index contributed by atoms with van der Waals surface area (Å²) in [6.07, 6.45) is 2.06. The van der Waals surface area contributed by atoms with Crippen molar-refractivity contribution in [1.82, 2.24) is 0 Å². The predicted molar refractivity (Wildman–Crippen MR) is 86.5 cm³/mol. The van der Waals surface area contributed by atoms with E-state index in [1.807, 2.05) is 0 Å². The van der Waals surface area contributed by atoms with Crippen molar-refractivity contribution in [2.24, 2.45) is 11.7 Å². The van der Waals surface area contributed by atoms with E-state index in [1.165, 1.54) is 11.3 Å². The standard InChI is InChI=1S/C18H24N2O/c1-3-15-8-9-18(21-15)17(11-19)20-12-13(2)10-14-6-4-5-7-16(14)20/h4-9,13,17H,3,10-12,19H2,1-2H3. The minimum atomic E-state index is 0.120. The quantitative estimate of drug-likeness (QED) is 0.933. The molecule has 0 radical (unpaired) electrons. The zero-order valence-corrected chi connectivity index (χ0v) is 12.9. The van der Waals surface area contributed by atoms with Crippen molar-refractivity contribution in [3.63, 3.8) is 0 Å². The molecule has 1 aliphatic heterocycles. The van der Waals surface area contributed by atoms with Crippen LogP contribution in [-0.2, 0) is 12.8 Å². The molecule has 0 spiro atoms. The van der Waals surface area contributed by atoms with Crippen molar-refractivity contribution in [2.45, 2.75) is 32.7 Å². The Labute approximate surface area is 126 Å². The Balaban J connectivity index is 1.97. The maximum Gasteiger partial charge on any atom is 0.127 e. The second kappa shape index (κ2) is 5.94. The number of furan rings is 1. The van der Waals surface area contributed by atoms with Gasteiger partial charge in [0.1, 0.15) is 11.5 Å². The fraction of sp³-hybridized carbons (Fsp3) is 0.444. The van der Waals surface area contributed by atoms with Gasteiger partial charge in [0.05, 0.1) is 6.04 Å². The van der Waals surface area contributed by atoms with Crippen LogP contribution in [0.4, 0.5) is 5.69 Å². The maximum absolute atomic E-state index is 6.09. The molecule has 0 aliphatic carbocycles. The minimum Gasteiger partial charge on any atom is -0.464 e. The molecule has 0 fully saturated rings. The van der Waals surface area contributed by atoms with Crippen LogP contribution in [0.15, 0.2) is 40.8 Å². The molecule has 112 valence electrons. The van der Waals surface area contributed by atoms with Crippen molar-refractivity contribution in [3.05, 3.63) is 53.5 Å². The number of hydrogen-bond acceptors (Lipinski definition) is 3. The number of para-hydroxylation sites is 1. The zero-order valence-electron chi connectivity index (χ0n) is 12.9. The van der Waals surface area contributed by atoms with Crippen LogP contribution >= 0.6 is 0 Å². The number of fused-ring (bicyclic) bond motifs is 1. The molecule has 1 aliphatic rings. The molecule has 3 rings (SSSR count). The van der Waals surface area contributed by atoms with Gasteiger partial charge in [0.25, 0.3) is 0 Å². The van der Waals surface area contributed by atoms with E-state index in [-0.39, 0.29) is 6.04 Å². The zero-order chi connectivity index (χ0) is 14.8. The first-order valence-corrected chi connectivity index (χ1v) is 7.86. The summed E-state index contributed by atoms with van der Waals surface area (Å²) < 4.78 is 5.97. The van der Waals surface area contributed by atoms with E-state index in [2.05, 4.69) is 55.1 Å². The van der Waals surface area contributed by atoms with Gasteiger partial charge in [0.15, 0.2) is 0 Å². The molecule has 2 heterocycles. The molecule has 21 heavy (non-hydrogen) atoms. The van der Waals surface area contributed by atoms with E-state index in [0.717, 1.165) is 30.9 Å². The van der Waals surface area contributed by atoms with Crippen molar-refractivity contribution in [2.75, 3.05) is 18.0 Å². The Morgan fingerprint density at radius 2 is 2.10 bits per heavy atom. The Bertz CT molecular complexity index is 605. The topological polar surface area (TPSA) is 42.4 Å². The fourth-order valence-electron chi connectivity index (χ4n) is 3.29. The normalized spacial score (nSPS) is 19.4. The number of nitrogens with two attached hydrogens (primary N) is 1. The average Bonchev–Trinajstić information content (AvgIpc) is 2.96. The lowest BCUT2D eigenvalue weighted by molar-refractivity contribution is 0.404. The Morgan fingerprint density at radius 1 is 1.29 bits per heavy atom. The monoisotopic (exact) mass is 284 g/mol. The summed E-state index contributed by atoms with van der Waals surface area (Å²) in [5.74, 6) is 2.65. The van der Waals surface area contributed by atoms with Crippen molar-refractivity contribution in [1.29, 1.82) is 0 Å². The first-order valence-electron chi connectivity index (χ1n) is 7.86. The number of nitrogens with zero attached hydrogens (tertiary/aromatic N) is 1. The number of rotatable bonds is 4. The van der Waals surface area contributed by atoms with Gasteiger partial charge in [-0.05, 0) is 36.1 Å². The van der Waals surface area contributed by atoms with E-state index < -0.39 is 0 Å². The van der Waals surface area contributed by atoms with Gasteiger partial charge in [0, 0.05) is 25.2 Å². The van der Waals surface area contributed by atoms with Gasteiger partial charge in [-0.15, -0.1) is 0 Å². The van der Waals surface area contributed by atoms with Crippen LogP contribution < -0.4 is 10.6 Å². The number of aryl methyl sites for hydroxylation is 1. The molecule has 1 aromatic heterocycles. The SMILES string of the molecule is CCc1ccc(C(CN)N2CC(C)Cc3ccccc32)o1. The van der Waals surface area contributed by atoms with Crippen LogP contribution in [-0.4, -0.2) is 13.1 Å². The average molecular weight is 284 g/mol. The lowest BCUT2D eigenvalue weighted by Gasteiger charge is -2.39. The number of benzene rings is 1. The molecule has 3 heteroatoms. The molecular weight excluding hydrogens is 260 g/mol. The first-order chi connectivity index (χ1) is 10.2. The van der Waals surface area contributed by atoms with E-state index in [1.54, 1.807) is 0 Å². The molecule has 1 aromatic carbocycles. The van der Waals surface area contributed by atoms with Gasteiger partial charge in [-0.2, -0.15) is 0 Å². The van der Waals surface area contributed by atoms with Gasteiger partial charge >= 0.3 is 0 Å². The second-order valence-corrected chi connectivity index (χ2v) is 6.00. The van der Waals surface area contributed by atoms with Crippen LogP contribution in [0.1, 0.15) is 37.0 Å². The van der Waals surface area contributed by atoms with Crippen molar-refractivity contribution in [3.8, 4) is 0 Å². The Morgan fingerprint density at radius 3 is 2.81 bits per heavy atom. The smallest absolute Gasteiger partial charge is 0.127 e. The van der Waals surface area contributed by atoms with Crippen LogP contribution in [0.5, 0.6) is 0 Å². The summed E-state index contributed by atoms with van der Waals surface area (Å²) >= 11 is 0. The number of anilines is 1. The first kappa shape index (κ1) is 14.2. The molecule has 0 saturated carbocycles. The molecule has 2 atom stereocenters. The Kier molecular flexibility index (Phi) is 4.02. The molecular formula is C18H24N2O. The van der Waals surface area contributed by atoms with Crippen molar-refractivity contribution >= 4 is 5.69 Å². The van der Waals surface area contributed by atoms with E-state index in [9.17, 15) is 0 Å². The lowest BCUT2D eigenvalue weighted by atomic mass is 9.92.